The lowest BCUT2D eigenvalue weighted by Gasteiger charge is -2.23. The molecule has 0 saturated heterocycles. The van der Waals surface area contributed by atoms with Crippen LogP contribution >= 0.6 is 0 Å². The van der Waals surface area contributed by atoms with Crippen LogP contribution in [0.1, 0.15) is 29.8 Å². The van der Waals surface area contributed by atoms with Gasteiger partial charge < -0.3 is 9.47 Å². The molecule has 0 aliphatic carbocycles. The van der Waals surface area contributed by atoms with Crippen molar-refractivity contribution in [3.8, 4) is 0 Å². The number of likely N-dealkylation sites (N-methyl/N-ethyl adjacent to an activating group) is 1. The summed E-state index contributed by atoms with van der Waals surface area (Å²) in [6.07, 6.45) is 4.97. The van der Waals surface area contributed by atoms with Gasteiger partial charge in [-0.15, -0.1) is 0 Å². The van der Waals surface area contributed by atoms with Gasteiger partial charge in [0.05, 0.1) is 5.56 Å². The van der Waals surface area contributed by atoms with E-state index in [2.05, 4.69) is 41.4 Å². The third-order valence-electron chi connectivity index (χ3n) is 4.76. The summed E-state index contributed by atoms with van der Waals surface area (Å²) in [6, 6.07) is 11.1. The minimum Gasteiger partial charge on any atom is -0.347 e. The van der Waals surface area contributed by atoms with E-state index in [1.807, 2.05) is 25.3 Å². The van der Waals surface area contributed by atoms with Gasteiger partial charge in [-0.1, -0.05) is 32.0 Å². The SMILES string of the molecule is CN1C(=CC=NNC(=O)c2ccc(=O)n(C)c2)C(C)(C)c2ccccc21. The Morgan fingerprint density at radius 2 is 1.88 bits per heavy atom. The first-order chi connectivity index (χ1) is 12.3. The molecule has 0 spiro atoms. The summed E-state index contributed by atoms with van der Waals surface area (Å²) in [7, 11) is 3.62. The molecule has 26 heavy (non-hydrogen) atoms. The number of carbonyl (C=O) groups is 1. The molecule has 0 fully saturated rings. The number of para-hydroxylation sites is 1. The van der Waals surface area contributed by atoms with Crippen molar-refractivity contribution in [3.05, 3.63) is 75.8 Å². The van der Waals surface area contributed by atoms with Gasteiger partial charge in [0, 0.05) is 49.4 Å². The molecule has 0 bridgehead atoms. The molecule has 2 heterocycles. The minimum absolute atomic E-state index is 0.140. The van der Waals surface area contributed by atoms with Gasteiger partial charge in [-0.25, -0.2) is 5.43 Å². The van der Waals surface area contributed by atoms with Crippen molar-refractivity contribution in [2.24, 2.45) is 12.1 Å². The number of hydrazone groups is 1. The minimum atomic E-state index is -0.363. The van der Waals surface area contributed by atoms with Gasteiger partial charge in [0.1, 0.15) is 0 Å². The zero-order valence-electron chi connectivity index (χ0n) is 15.4. The Bertz CT molecular complexity index is 970. The third kappa shape index (κ3) is 3.06. The van der Waals surface area contributed by atoms with E-state index < -0.39 is 0 Å². The van der Waals surface area contributed by atoms with Gasteiger partial charge in [0.25, 0.3) is 5.91 Å². The second-order valence-corrected chi connectivity index (χ2v) is 6.84. The topological polar surface area (TPSA) is 66.7 Å². The summed E-state index contributed by atoms with van der Waals surface area (Å²) in [5.41, 5.74) is 6.09. The van der Waals surface area contributed by atoms with Crippen LogP contribution in [0.3, 0.4) is 0 Å². The second kappa shape index (κ2) is 6.63. The van der Waals surface area contributed by atoms with E-state index in [9.17, 15) is 9.59 Å². The monoisotopic (exact) mass is 350 g/mol. The largest absolute Gasteiger partial charge is 0.347 e. The smallest absolute Gasteiger partial charge is 0.272 e. The number of allylic oxidation sites excluding steroid dienone is 2. The van der Waals surface area contributed by atoms with Crippen LogP contribution in [-0.4, -0.2) is 23.7 Å². The fourth-order valence-corrected chi connectivity index (χ4v) is 3.30. The first kappa shape index (κ1) is 17.7. The van der Waals surface area contributed by atoms with E-state index in [4.69, 9.17) is 0 Å². The van der Waals surface area contributed by atoms with E-state index in [1.54, 1.807) is 13.3 Å². The van der Waals surface area contributed by atoms with Crippen LogP contribution in [0, 0.1) is 0 Å². The summed E-state index contributed by atoms with van der Waals surface area (Å²) < 4.78 is 1.35. The van der Waals surface area contributed by atoms with E-state index in [0.717, 1.165) is 5.70 Å². The highest BCUT2D eigenvalue weighted by Gasteiger charge is 2.37. The molecular formula is C20H22N4O2. The number of carbonyl (C=O) groups excluding carboxylic acids is 1. The number of amides is 1. The van der Waals surface area contributed by atoms with Crippen molar-refractivity contribution in [1.29, 1.82) is 0 Å². The number of hydrogen-bond acceptors (Lipinski definition) is 4. The van der Waals surface area contributed by atoms with Crippen molar-refractivity contribution < 1.29 is 4.79 Å². The molecule has 134 valence electrons. The first-order valence-electron chi connectivity index (χ1n) is 8.36. The maximum atomic E-state index is 12.1. The highest BCUT2D eigenvalue weighted by Crippen LogP contribution is 2.46. The molecule has 1 amide bonds. The number of fused-ring (bicyclic) bond motifs is 1. The van der Waals surface area contributed by atoms with Crippen molar-refractivity contribution in [2.45, 2.75) is 19.3 Å². The Labute approximate surface area is 152 Å². The van der Waals surface area contributed by atoms with Crippen LogP contribution in [0.5, 0.6) is 0 Å². The van der Waals surface area contributed by atoms with E-state index >= 15 is 0 Å². The summed E-state index contributed by atoms with van der Waals surface area (Å²) >= 11 is 0. The number of aromatic nitrogens is 1. The standard InChI is InChI=1S/C20H22N4O2/c1-20(2)15-7-5-6-8-16(15)24(4)17(20)11-12-21-22-19(26)14-9-10-18(25)23(3)13-14/h5-13H,1-4H3,(H,22,26). The number of benzene rings is 1. The lowest BCUT2D eigenvalue weighted by molar-refractivity contribution is 0.0954. The number of anilines is 1. The van der Waals surface area contributed by atoms with Crippen molar-refractivity contribution >= 4 is 17.8 Å². The number of pyridine rings is 1. The third-order valence-corrected chi connectivity index (χ3v) is 4.76. The van der Waals surface area contributed by atoms with Crippen LogP contribution in [0.4, 0.5) is 5.69 Å². The highest BCUT2D eigenvalue weighted by molar-refractivity contribution is 5.94. The quantitative estimate of drug-likeness (QED) is 0.683. The van der Waals surface area contributed by atoms with Gasteiger partial charge >= 0.3 is 0 Å². The Morgan fingerprint density at radius 1 is 1.15 bits per heavy atom. The zero-order chi connectivity index (χ0) is 18.9. The maximum absolute atomic E-state index is 12.1. The molecule has 0 unspecified atom stereocenters. The lowest BCUT2D eigenvalue weighted by atomic mass is 9.84. The Hall–Kier alpha value is -3.15. The predicted molar refractivity (Wildman–Crippen MR) is 104 cm³/mol. The summed E-state index contributed by atoms with van der Waals surface area (Å²) in [6.45, 7) is 4.33. The molecule has 6 nitrogen and oxygen atoms in total. The number of rotatable bonds is 3. The van der Waals surface area contributed by atoms with Crippen LogP contribution in [0.2, 0.25) is 0 Å². The number of nitrogens with zero attached hydrogens (tertiary/aromatic N) is 3. The van der Waals surface area contributed by atoms with Gasteiger partial charge in [-0.2, -0.15) is 5.10 Å². The molecular weight excluding hydrogens is 328 g/mol. The summed E-state index contributed by atoms with van der Waals surface area (Å²) in [4.78, 5) is 25.6. The zero-order valence-corrected chi connectivity index (χ0v) is 15.4. The maximum Gasteiger partial charge on any atom is 0.272 e. The van der Waals surface area contributed by atoms with Gasteiger partial charge in [-0.3, -0.25) is 9.59 Å². The van der Waals surface area contributed by atoms with Gasteiger partial charge in [-0.05, 0) is 23.8 Å². The van der Waals surface area contributed by atoms with Crippen molar-refractivity contribution in [2.75, 3.05) is 11.9 Å². The Kier molecular flexibility index (Phi) is 4.50. The molecule has 1 aliphatic heterocycles. The fraction of sp³-hybridized carbons (Fsp3) is 0.250. The number of hydrogen-bond donors (Lipinski definition) is 1. The van der Waals surface area contributed by atoms with Crippen LogP contribution < -0.4 is 15.9 Å². The molecule has 1 aromatic heterocycles. The Morgan fingerprint density at radius 3 is 2.58 bits per heavy atom. The van der Waals surface area contributed by atoms with Crippen LogP contribution in [0.15, 0.2) is 64.3 Å². The average Bonchev–Trinajstić information content (AvgIpc) is 2.81. The lowest BCUT2D eigenvalue weighted by Crippen LogP contribution is -2.24. The molecule has 1 N–H and O–H groups in total. The average molecular weight is 350 g/mol. The highest BCUT2D eigenvalue weighted by atomic mass is 16.2. The summed E-state index contributed by atoms with van der Waals surface area (Å²) in [5, 5.41) is 4.01. The summed E-state index contributed by atoms with van der Waals surface area (Å²) in [5.74, 6) is -0.363. The molecule has 0 saturated carbocycles. The number of aryl methyl sites for hydroxylation is 1. The molecule has 2 aromatic rings. The molecule has 6 heteroatoms. The van der Waals surface area contributed by atoms with Gasteiger partial charge in [0.2, 0.25) is 5.56 Å². The molecule has 1 aliphatic rings. The fourth-order valence-electron chi connectivity index (χ4n) is 3.30. The second-order valence-electron chi connectivity index (χ2n) is 6.84. The molecule has 0 atom stereocenters. The molecule has 3 rings (SSSR count). The van der Waals surface area contributed by atoms with Crippen molar-refractivity contribution in [1.82, 2.24) is 9.99 Å². The first-order valence-corrected chi connectivity index (χ1v) is 8.36. The van der Waals surface area contributed by atoms with E-state index in [0.29, 0.717) is 5.56 Å². The van der Waals surface area contributed by atoms with Crippen molar-refractivity contribution in [3.63, 3.8) is 0 Å². The van der Waals surface area contributed by atoms with Crippen LogP contribution in [0.25, 0.3) is 0 Å². The normalized spacial score (nSPS) is 16.9. The Balaban J connectivity index is 1.74. The van der Waals surface area contributed by atoms with E-state index in [-0.39, 0.29) is 16.9 Å². The molecule has 1 aromatic carbocycles. The number of nitrogens with one attached hydrogen (secondary N) is 1. The van der Waals surface area contributed by atoms with Crippen LogP contribution in [-0.2, 0) is 12.5 Å². The molecule has 0 radical (unpaired) electrons. The van der Waals surface area contributed by atoms with Gasteiger partial charge in [0.15, 0.2) is 0 Å². The van der Waals surface area contributed by atoms with E-state index in [1.165, 1.54) is 34.1 Å². The predicted octanol–water partition coefficient (Wildman–Crippen LogP) is 2.41.